The average Bonchev–Trinajstić information content (AvgIpc) is 2.64. The normalized spacial score (nSPS) is 19.7. The van der Waals surface area contributed by atoms with E-state index in [1.165, 1.54) is 0 Å². The highest BCUT2D eigenvalue weighted by atomic mass is 79.9. The molecule has 1 aromatic carbocycles. The number of primary amides is 1. The van der Waals surface area contributed by atoms with Crippen LogP contribution >= 0.6 is 15.9 Å². The van der Waals surface area contributed by atoms with Crippen LogP contribution in [0, 0.1) is 5.92 Å². The maximum Gasteiger partial charge on any atom is 0.223 e. The smallest absolute Gasteiger partial charge is 0.223 e. The standard InChI is InChI=1S/C12H13BrN2O2/c13-10-3-1-8(2-4-10)6-15-7-9(12(14)17)5-11(15)16/h1-4,9H,5-7H2,(H2,14,17). The Kier molecular flexibility index (Phi) is 3.47. The van der Waals surface area contributed by atoms with E-state index in [-0.39, 0.29) is 18.2 Å². The van der Waals surface area contributed by atoms with Gasteiger partial charge in [0.1, 0.15) is 0 Å². The van der Waals surface area contributed by atoms with Crippen molar-refractivity contribution in [3.05, 3.63) is 34.3 Å². The van der Waals surface area contributed by atoms with Gasteiger partial charge in [0.2, 0.25) is 11.8 Å². The lowest BCUT2D eigenvalue weighted by Gasteiger charge is -2.16. The number of benzene rings is 1. The van der Waals surface area contributed by atoms with Crippen molar-refractivity contribution < 1.29 is 9.59 Å². The van der Waals surface area contributed by atoms with Gasteiger partial charge in [0.05, 0.1) is 5.92 Å². The van der Waals surface area contributed by atoms with Gasteiger partial charge in [0.15, 0.2) is 0 Å². The Morgan fingerprint density at radius 3 is 2.59 bits per heavy atom. The molecule has 1 fully saturated rings. The lowest BCUT2D eigenvalue weighted by atomic mass is 10.1. The highest BCUT2D eigenvalue weighted by molar-refractivity contribution is 9.10. The third kappa shape index (κ3) is 2.85. The zero-order chi connectivity index (χ0) is 12.4. The van der Waals surface area contributed by atoms with Gasteiger partial charge in [-0.15, -0.1) is 0 Å². The van der Waals surface area contributed by atoms with Crippen molar-refractivity contribution in [3.8, 4) is 0 Å². The molecule has 0 saturated carbocycles. The Morgan fingerprint density at radius 1 is 1.41 bits per heavy atom. The zero-order valence-electron chi connectivity index (χ0n) is 9.23. The third-order valence-electron chi connectivity index (χ3n) is 2.90. The molecular formula is C12H13BrN2O2. The largest absolute Gasteiger partial charge is 0.369 e. The summed E-state index contributed by atoms with van der Waals surface area (Å²) in [5, 5.41) is 0. The van der Waals surface area contributed by atoms with Crippen molar-refractivity contribution in [2.75, 3.05) is 6.54 Å². The number of carbonyl (C=O) groups excluding carboxylic acids is 2. The van der Waals surface area contributed by atoms with E-state index in [4.69, 9.17) is 5.73 Å². The minimum Gasteiger partial charge on any atom is -0.369 e. The van der Waals surface area contributed by atoms with Gasteiger partial charge in [-0.3, -0.25) is 9.59 Å². The van der Waals surface area contributed by atoms with E-state index in [1.54, 1.807) is 4.90 Å². The number of carbonyl (C=O) groups is 2. The number of amides is 2. The number of likely N-dealkylation sites (tertiary alicyclic amines) is 1. The Hall–Kier alpha value is -1.36. The summed E-state index contributed by atoms with van der Waals surface area (Å²) < 4.78 is 1.00. The maximum absolute atomic E-state index is 11.7. The van der Waals surface area contributed by atoms with Crippen LogP contribution in [0.25, 0.3) is 0 Å². The molecule has 90 valence electrons. The first-order chi connectivity index (χ1) is 8.06. The Labute approximate surface area is 108 Å². The molecule has 2 amide bonds. The van der Waals surface area contributed by atoms with Gasteiger partial charge < -0.3 is 10.6 Å². The molecule has 0 spiro atoms. The molecule has 0 aromatic heterocycles. The Morgan fingerprint density at radius 2 is 2.06 bits per heavy atom. The second kappa shape index (κ2) is 4.87. The van der Waals surface area contributed by atoms with Gasteiger partial charge in [-0.1, -0.05) is 28.1 Å². The van der Waals surface area contributed by atoms with Crippen molar-refractivity contribution in [3.63, 3.8) is 0 Å². The highest BCUT2D eigenvalue weighted by Crippen LogP contribution is 2.20. The Balaban J connectivity index is 2.02. The number of hydrogen-bond donors (Lipinski definition) is 1. The zero-order valence-corrected chi connectivity index (χ0v) is 10.8. The Bertz CT molecular complexity index is 444. The third-order valence-corrected chi connectivity index (χ3v) is 3.43. The summed E-state index contributed by atoms with van der Waals surface area (Å²) in [6.07, 6.45) is 0.242. The van der Waals surface area contributed by atoms with Gasteiger partial charge in [-0.2, -0.15) is 0 Å². The average molecular weight is 297 g/mol. The van der Waals surface area contributed by atoms with Crippen LogP contribution in [-0.2, 0) is 16.1 Å². The van der Waals surface area contributed by atoms with Crippen molar-refractivity contribution in [1.82, 2.24) is 4.90 Å². The van der Waals surface area contributed by atoms with Crippen molar-refractivity contribution in [2.45, 2.75) is 13.0 Å². The van der Waals surface area contributed by atoms with Crippen LogP contribution in [0.1, 0.15) is 12.0 Å². The second-order valence-electron chi connectivity index (χ2n) is 4.20. The molecule has 1 aromatic rings. The number of halogens is 1. The molecule has 17 heavy (non-hydrogen) atoms. The topological polar surface area (TPSA) is 63.4 Å². The van der Waals surface area contributed by atoms with E-state index in [0.29, 0.717) is 13.1 Å². The van der Waals surface area contributed by atoms with Gasteiger partial charge in [0, 0.05) is 24.0 Å². The summed E-state index contributed by atoms with van der Waals surface area (Å²) in [5.74, 6) is -0.730. The van der Waals surface area contributed by atoms with Crippen molar-refractivity contribution in [2.24, 2.45) is 11.7 Å². The minimum absolute atomic E-state index is 0.00304. The van der Waals surface area contributed by atoms with Crippen LogP contribution in [0.15, 0.2) is 28.7 Å². The summed E-state index contributed by atoms with van der Waals surface area (Å²) in [6, 6.07) is 7.77. The molecule has 2 rings (SSSR count). The summed E-state index contributed by atoms with van der Waals surface area (Å²) >= 11 is 3.36. The molecule has 0 bridgehead atoms. The predicted octanol–water partition coefficient (Wildman–Crippen LogP) is 1.28. The van der Waals surface area contributed by atoms with Gasteiger partial charge in [-0.05, 0) is 17.7 Å². The molecule has 1 unspecified atom stereocenters. The fourth-order valence-corrected chi connectivity index (χ4v) is 2.19. The molecule has 1 aliphatic heterocycles. The highest BCUT2D eigenvalue weighted by Gasteiger charge is 2.32. The van der Waals surface area contributed by atoms with Crippen LogP contribution in [0.3, 0.4) is 0 Å². The van der Waals surface area contributed by atoms with Gasteiger partial charge >= 0.3 is 0 Å². The lowest BCUT2D eigenvalue weighted by molar-refractivity contribution is -0.128. The molecule has 5 heteroatoms. The summed E-state index contributed by atoms with van der Waals surface area (Å²) in [6.45, 7) is 0.972. The first kappa shape index (κ1) is 12.1. The van der Waals surface area contributed by atoms with Crippen LogP contribution in [-0.4, -0.2) is 23.3 Å². The fourth-order valence-electron chi connectivity index (χ4n) is 1.93. The van der Waals surface area contributed by atoms with Crippen LogP contribution in [0.2, 0.25) is 0 Å². The fraction of sp³-hybridized carbons (Fsp3) is 0.333. The first-order valence-electron chi connectivity index (χ1n) is 5.38. The van der Waals surface area contributed by atoms with Crippen LogP contribution in [0.5, 0.6) is 0 Å². The first-order valence-corrected chi connectivity index (χ1v) is 6.17. The predicted molar refractivity (Wildman–Crippen MR) is 66.9 cm³/mol. The van der Waals surface area contributed by atoms with Crippen molar-refractivity contribution in [1.29, 1.82) is 0 Å². The monoisotopic (exact) mass is 296 g/mol. The maximum atomic E-state index is 11.7. The molecule has 0 radical (unpaired) electrons. The molecule has 1 saturated heterocycles. The molecule has 2 N–H and O–H groups in total. The number of hydrogen-bond acceptors (Lipinski definition) is 2. The molecule has 1 heterocycles. The molecular weight excluding hydrogens is 284 g/mol. The van der Waals surface area contributed by atoms with E-state index >= 15 is 0 Å². The van der Waals surface area contributed by atoms with E-state index in [0.717, 1.165) is 10.0 Å². The van der Waals surface area contributed by atoms with Crippen LogP contribution < -0.4 is 5.73 Å². The summed E-state index contributed by atoms with van der Waals surface area (Å²) in [7, 11) is 0. The number of nitrogens with two attached hydrogens (primary N) is 1. The number of nitrogens with zero attached hydrogens (tertiary/aromatic N) is 1. The molecule has 1 aliphatic rings. The quantitative estimate of drug-likeness (QED) is 0.913. The molecule has 1 atom stereocenters. The van der Waals surface area contributed by atoms with E-state index < -0.39 is 5.91 Å². The summed E-state index contributed by atoms with van der Waals surface area (Å²) in [4.78, 5) is 24.4. The minimum atomic E-state index is -0.392. The van der Waals surface area contributed by atoms with E-state index in [9.17, 15) is 9.59 Å². The molecule has 4 nitrogen and oxygen atoms in total. The molecule has 0 aliphatic carbocycles. The van der Waals surface area contributed by atoms with E-state index in [1.807, 2.05) is 24.3 Å². The SMILES string of the molecule is NC(=O)C1CC(=O)N(Cc2ccc(Br)cc2)C1. The van der Waals surface area contributed by atoms with Crippen molar-refractivity contribution >= 4 is 27.7 Å². The van der Waals surface area contributed by atoms with Gasteiger partial charge in [0.25, 0.3) is 0 Å². The van der Waals surface area contributed by atoms with E-state index in [2.05, 4.69) is 15.9 Å². The summed E-state index contributed by atoms with van der Waals surface area (Å²) in [5.41, 5.74) is 6.26. The lowest BCUT2D eigenvalue weighted by Crippen LogP contribution is -2.28. The second-order valence-corrected chi connectivity index (χ2v) is 5.12. The number of rotatable bonds is 3. The van der Waals surface area contributed by atoms with Crippen LogP contribution in [0.4, 0.5) is 0 Å². The van der Waals surface area contributed by atoms with Gasteiger partial charge in [-0.25, -0.2) is 0 Å².